The second kappa shape index (κ2) is 7.95. The summed E-state index contributed by atoms with van der Waals surface area (Å²) < 4.78 is 32.5. The normalized spacial score (nSPS) is 21.8. The Bertz CT molecular complexity index is 1110. The molecule has 2 atom stereocenters. The Morgan fingerprint density at radius 3 is 2.72 bits per heavy atom. The van der Waals surface area contributed by atoms with Gasteiger partial charge in [-0.2, -0.15) is 5.10 Å². The summed E-state index contributed by atoms with van der Waals surface area (Å²) in [5.74, 6) is 1.60. The molecule has 7 nitrogen and oxygen atoms in total. The number of aromatic nitrogens is 4. The van der Waals surface area contributed by atoms with Gasteiger partial charge in [0.15, 0.2) is 0 Å². The van der Waals surface area contributed by atoms with Crippen LogP contribution in [-0.4, -0.2) is 68.8 Å². The smallest absolute Gasteiger partial charge is 0.253 e. The van der Waals surface area contributed by atoms with Gasteiger partial charge >= 0.3 is 0 Å². The zero-order valence-electron chi connectivity index (χ0n) is 18.6. The van der Waals surface area contributed by atoms with E-state index < -0.39 is 12.5 Å². The van der Waals surface area contributed by atoms with E-state index >= 15 is 0 Å². The molecule has 0 radical (unpaired) electrons. The fraction of sp³-hybridized carbons (Fsp3) is 0.522. The van der Waals surface area contributed by atoms with Gasteiger partial charge in [0.1, 0.15) is 29.2 Å². The van der Waals surface area contributed by atoms with Crippen molar-refractivity contribution in [2.75, 3.05) is 24.5 Å². The first-order chi connectivity index (χ1) is 15.3. The third-order valence-electron chi connectivity index (χ3n) is 6.64. The third-order valence-corrected chi connectivity index (χ3v) is 6.64. The number of piperazine rings is 1. The van der Waals surface area contributed by atoms with Crippen molar-refractivity contribution in [1.82, 2.24) is 25.1 Å². The van der Waals surface area contributed by atoms with Crippen molar-refractivity contribution in [2.24, 2.45) is 0 Å². The number of benzene rings is 1. The molecule has 0 bridgehead atoms. The Morgan fingerprint density at radius 2 is 2.00 bits per heavy atom. The Balaban J connectivity index is 1.39. The topological polar surface area (TPSA) is 70.2 Å². The molecule has 3 heterocycles. The van der Waals surface area contributed by atoms with Crippen molar-refractivity contribution < 1.29 is 13.5 Å². The lowest BCUT2D eigenvalue weighted by Gasteiger charge is -2.43. The van der Waals surface area contributed by atoms with E-state index in [2.05, 4.69) is 32.0 Å². The van der Waals surface area contributed by atoms with Crippen molar-refractivity contribution in [3.05, 3.63) is 30.6 Å². The SMILES string of the molecule is CC(C(F)F)N1CCN(c2cc(-c3n[nH]c4ccc(OC5(C)CC5)cc34)ncn2)C[C@H]1C. The van der Waals surface area contributed by atoms with Crippen molar-refractivity contribution >= 4 is 16.7 Å². The lowest BCUT2D eigenvalue weighted by Crippen LogP contribution is -2.56. The van der Waals surface area contributed by atoms with Gasteiger partial charge in [0.25, 0.3) is 6.43 Å². The number of nitrogens with zero attached hydrogens (tertiary/aromatic N) is 5. The molecule has 3 aromatic rings. The van der Waals surface area contributed by atoms with Crippen LogP contribution in [0.2, 0.25) is 0 Å². The maximum Gasteiger partial charge on any atom is 0.253 e. The van der Waals surface area contributed by atoms with Crippen LogP contribution in [0.5, 0.6) is 5.75 Å². The van der Waals surface area contributed by atoms with E-state index in [1.165, 1.54) is 6.33 Å². The minimum atomic E-state index is -2.35. The fourth-order valence-electron chi connectivity index (χ4n) is 4.39. The van der Waals surface area contributed by atoms with Crippen LogP contribution in [0.25, 0.3) is 22.3 Å². The molecule has 1 unspecified atom stereocenters. The summed E-state index contributed by atoms with van der Waals surface area (Å²) in [5, 5.41) is 8.51. The highest BCUT2D eigenvalue weighted by Gasteiger charge is 2.40. The molecule has 2 fully saturated rings. The van der Waals surface area contributed by atoms with Gasteiger partial charge in [0.05, 0.1) is 17.3 Å². The van der Waals surface area contributed by atoms with Crippen molar-refractivity contribution in [3.8, 4) is 17.1 Å². The van der Waals surface area contributed by atoms with Crippen LogP contribution in [0.3, 0.4) is 0 Å². The average Bonchev–Trinajstić information content (AvgIpc) is 3.35. The Morgan fingerprint density at radius 1 is 1.19 bits per heavy atom. The minimum absolute atomic E-state index is 0.000810. The zero-order chi connectivity index (χ0) is 22.5. The summed E-state index contributed by atoms with van der Waals surface area (Å²) in [6, 6.07) is 7.11. The Hall–Kier alpha value is -2.81. The van der Waals surface area contributed by atoms with E-state index in [9.17, 15) is 8.78 Å². The van der Waals surface area contributed by atoms with Crippen LogP contribution in [0.4, 0.5) is 14.6 Å². The Labute approximate surface area is 185 Å². The van der Waals surface area contributed by atoms with Crippen LogP contribution in [0, 0.1) is 0 Å². The van der Waals surface area contributed by atoms with E-state index in [0.717, 1.165) is 41.0 Å². The fourth-order valence-corrected chi connectivity index (χ4v) is 4.39. The highest BCUT2D eigenvalue weighted by molar-refractivity contribution is 5.93. The molecule has 1 aliphatic heterocycles. The third kappa shape index (κ3) is 4.01. The maximum absolute atomic E-state index is 13.2. The van der Waals surface area contributed by atoms with E-state index in [1.54, 1.807) is 6.92 Å². The van der Waals surface area contributed by atoms with E-state index in [-0.39, 0.29) is 11.6 Å². The summed E-state index contributed by atoms with van der Waals surface area (Å²) in [7, 11) is 0. The van der Waals surface area contributed by atoms with Crippen LogP contribution >= 0.6 is 0 Å². The molecule has 1 saturated heterocycles. The largest absolute Gasteiger partial charge is 0.488 e. The lowest BCUT2D eigenvalue weighted by atomic mass is 10.1. The number of aromatic amines is 1. The Kier molecular flexibility index (Phi) is 5.23. The molecule has 170 valence electrons. The standard InChI is InChI=1S/C23H28F2N6O/c1-14-12-30(8-9-31(14)15(2)22(24)25)20-11-19(26-13-27-20)21-17-10-16(32-23(3)6-7-23)4-5-18(17)28-29-21/h4-5,10-11,13-15,22H,6-9,12H2,1-3H3,(H,28,29)/t14-,15?/m1/s1. The van der Waals surface area contributed by atoms with Gasteiger partial charge in [-0.25, -0.2) is 18.7 Å². The number of halogens is 2. The average molecular weight is 443 g/mol. The summed E-state index contributed by atoms with van der Waals surface area (Å²) in [4.78, 5) is 12.9. The molecular weight excluding hydrogens is 414 g/mol. The predicted octanol–water partition coefficient (Wildman–Crippen LogP) is 4.12. The van der Waals surface area contributed by atoms with Crippen LogP contribution in [0.15, 0.2) is 30.6 Å². The summed E-state index contributed by atoms with van der Waals surface area (Å²) in [6.07, 6.45) is 1.33. The monoisotopic (exact) mass is 442 g/mol. The van der Waals surface area contributed by atoms with Gasteiger partial charge in [-0.1, -0.05) is 0 Å². The van der Waals surface area contributed by atoms with Crippen molar-refractivity contribution in [3.63, 3.8) is 0 Å². The lowest BCUT2D eigenvalue weighted by molar-refractivity contribution is 0.0112. The molecule has 1 aromatic carbocycles. The number of nitrogens with one attached hydrogen (secondary N) is 1. The van der Waals surface area contributed by atoms with E-state index in [4.69, 9.17) is 4.74 Å². The zero-order valence-corrected chi connectivity index (χ0v) is 18.6. The van der Waals surface area contributed by atoms with Crippen LogP contribution in [0.1, 0.15) is 33.6 Å². The predicted molar refractivity (Wildman–Crippen MR) is 119 cm³/mol. The molecule has 1 saturated carbocycles. The molecule has 2 aromatic heterocycles. The van der Waals surface area contributed by atoms with E-state index in [1.807, 2.05) is 36.1 Å². The van der Waals surface area contributed by atoms with Crippen LogP contribution < -0.4 is 9.64 Å². The number of anilines is 1. The number of ether oxygens (including phenoxy) is 1. The van der Waals surface area contributed by atoms with E-state index in [0.29, 0.717) is 25.3 Å². The van der Waals surface area contributed by atoms with Gasteiger partial charge in [0, 0.05) is 37.1 Å². The quantitative estimate of drug-likeness (QED) is 0.620. The molecule has 32 heavy (non-hydrogen) atoms. The molecule has 1 aliphatic carbocycles. The van der Waals surface area contributed by atoms with Gasteiger partial charge < -0.3 is 9.64 Å². The molecule has 2 aliphatic rings. The second-order valence-corrected chi connectivity index (χ2v) is 9.20. The molecule has 0 amide bonds. The highest BCUT2D eigenvalue weighted by atomic mass is 19.3. The van der Waals surface area contributed by atoms with Crippen molar-refractivity contribution in [1.29, 1.82) is 0 Å². The summed E-state index contributed by atoms with van der Waals surface area (Å²) in [5.41, 5.74) is 2.32. The first kappa shape index (κ1) is 21.1. The van der Waals surface area contributed by atoms with Gasteiger partial charge in [-0.05, 0) is 51.8 Å². The van der Waals surface area contributed by atoms with Crippen molar-refractivity contribution in [2.45, 2.75) is 57.7 Å². The first-order valence-corrected chi connectivity index (χ1v) is 11.1. The molecule has 0 spiro atoms. The summed E-state index contributed by atoms with van der Waals surface area (Å²) >= 11 is 0. The number of H-pyrrole nitrogens is 1. The maximum atomic E-state index is 13.2. The van der Waals surface area contributed by atoms with Gasteiger partial charge in [-0.3, -0.25) is 10.00 Å². The number of hydrogen-bond acceptors (Lipinski definition) is 6. The molecule has 5 rings (SSSR count). The number of alkyl halides is 2. The number of fused-ring (bicyclic) bond motifs is 1. The molecule has 1 N–H and O–H groups in total. The number of rotatable bonds is 6. The molecule has 9 heteroatoms. The summed E-state index contributed by atoms with van der Waals surface area (Å²) in [6.45, 7) is 7.52. The first-order valence-electron chi connectivity index (χ1n) is 11.1. The van der Waals surface area contributed by atoms with Gasteiger partial charge in [-0.15, -0.1) is 0 Å². The number of hydrogen-bond donors (Lipinski definition) is 1. The second-order valence-electron chi connectivity index (χ2n) is 9.20. The molecular formula is C23H28F2N6O. The highest BCUT2D eigenvalue weighted by Crippen LogP contribution is 2.40. The van der Waals surface area contributed by atoms with Gasteiger partial charge in [0.2, 0.25) is 0 Å². The van der Waals surface area contributed by atoms with Crippen LogP contribution in [-0.2, 0) is 0 Å². The minimum Gasteiger partial charge on any atom is -0.488 e.